The molecule has 6 nitrogen and oxygen atoms in total. The second-order valence-electron chi connectivity index (χ2n) is 7.13. The normalized spacial score (nSPS) is 11.0. The van der Waals surface area contributed by atoms with E-state index in [9.17, 15) is 9.59 Å². The molecule has 0 radical (unpaired) electrons. The first-order valence-electron chi connectivity index (χ1n) is 10.0. The highest BCUT2D eigenvalue weighted by Crippen LogP contribution is 2.30. The number of nitrogens with zero attached hydrogens (tertiary/aromatic N) is 3. The van der Waals surface area contributed by atoms with Crippen LogP contribution in [-0.4, -0.2) is 20.5 Å². The van der Waals surface area contributed by atoms with E-state index in [1.165, 1.54) is 33.7 Å². The minimum Gasteiger partial charge on any atom is -0.321 e. The number of carbonyl (C=O) groups is 1. The van der Waals surface area contributed by atoms with Gasteiger partial charge >= 0.3 is 0 Å². The number of fused-ring (bicyclic) bond motifs is 1. The molecule has 0 bridgehead atoms. The molecule has 1 amide bonds. The molecule has 2 aromatic heterocycles. The van der Waals surface area contributed by atoms with Crippen molar-refractivity contribution in [3.63, 3.8) is 0 Å². The van der Waals surface area contributed by atoms with Crippen molar-refractivity contribution in [3.8, 4) is 0 Å². The van der Waals surface area contributed by atoms with E-state index in [0.29, 0.717) is 22.0 Å². The smallest absolute Gasteiger partial charge is 0.275 e. The van der Waals surface area contributed by atoms with Crippen LogP contribution in [0.3, 0.4) is 0 Å². The molecule has 1 N–H and O–H groups in total. The van der Waals surface area contributed by atoms with Crippen molar-refractivity contribution in [2.24, 2.45) is 0 Å². The van der Waals surface area contributed by atoms with Gasteiger partial charge in [0.25, 0.3) is 11.5 Å². The van der Waals surface area contributed by atoms with Gasteiger partial charge in [0, 0.05) is 28.7 Å². The molecule has 2 aromatic carbocycles. The molecule has 2 heterocycles. The molecule has 0 spiro atoms. The Labute approximate surface area is 188 Å². The van der Waals surface area contributed by atoms with Crippen LogP contribution >= 0.6 is 23.1 Å². The van der Waals surface area contributed by atoms with Crippen LogP contribution in [0.2, 0.25) is 0 Å². The molecule has 4 aromatic rings. The molecule has 0 atom stereocenters. The van der Waals surface area contributed by atoms with Crippen molar-refractivity contribution < 1.29 is 4.79 Å². The van der Waals surface area contributed by atoms with Crippen molar-refractivity contribution in [2.75, 3.05) is 5.32 Å². The number of benzene rings is 2. The highest BCUT2D eigenvalue weighted by molar-refractivity contribution is 7.98. The van der Waals surface area contributed by atoms with Crippen molar-refractivity contribution in [1.82, 2.24) is 14.6 Å². The van der Waals surface area contributed by atoms with E-state index >= 15 is 0 Å². The zero-order chi connectivity index (χ0) is 21.8. The topological polar surface area (TPSA) is 76.4 Å². The lowest BCUT2D eigenvalue weighted by atomic mass is 10.1. The number of aromatic nitrogens is 3. The summed E-state index contributed by atoms with van der Waals surface area (Å²) in [6.45, 7) is 4.07. The Kier molecular flexibility index (Phi) is 6.48. The number of rotatable bonds is 7. The molecule has 4 rings (SSSR count). The fourth-order valence-corrected chi connectivity index (χ4v) is 4.95. The number of nitrogens with one attached hydrogen (secondary N) is 1. The zero-order valence-corrected chi connectivity index (χ0v) is 18.9. The molecular weight excluding hydrogens is 428 g/mol. The lowest BCUT2D eigenvalue weighted by Crippen LogP contribution is -2.15. The van der Waals surface area contributed by atoms with Gasteiger partial charge in [-0.1, -0.05) is 48.1 Å². The maximum Gasteiger partial charge on any atom is 0.275 e. The Balaban J connectivity index is 1.51. The van der Waals surface area contributed by atoms with Crippen LogP contribution < -0.4 is 10.9 Å². The minimum absolute atomic E-state index is 0.154. The summed E-state index contributed by atoms with van der Waals surface area (Å²) < 4.78 is 1.37. The van der Waals surface area contributed by atoms with E-state index in [1.54, 1.807) is 0 Å². The molecule has 0 aliphatic heterocycles. The summed E-state index contributed by atoms with van der Waals surface area (Å²) in [4.78, 5) is 31.2. The van der Waals surface area contributed by atoms with Gasteiger partial charge in [-0.3, -0.25) is 9.59 Å². The summed E-state index contributed by atoms with van der Waals surface area (Å²) in [5, 5.41) is 8.25. The maximum absolute atomic E-state index is 12.6. The molecule has 0 aliphatic carbocycles. The number of thioether (sulfide) groups is 1. The quantitative estimate of drug-likeness (QED) is 0.403. The second kappa shape index (κ2) is 9.45. The third-order valence-corrected chi connectivity index (χ3v) is 6.70. The largest absolute Gasteiger partial charge is 0.321 e. The number of anilines is 1. The first-order chi connectivity index (χ1) is 15.0. The summed E-state index contributed by atoms with van der Waals surface area (Å²) in [5.41, 5.74) is 2.98. The van der Waals surface area contributed by atoms with E-state index in [2.05, 4.69) is 22.3 Å². The predicted octanol–water partition coefficient (Wildman–Crippen LogP) is 4.96. The van der Waals surface area contributed by atoms with Crippen LogP contribution in [0, 0.1) is 6.92 Å². The third-order valence-electron chi connectivity index (χ3n) is 4.63. The lowest BCUT2D eigenvalue weighted by molar-refractivity contribution is 0.102. The van der Waals surface area contributed by atoms with Gasteiger partial charge in [-0.25, -0.2) is 4.98 Å². The van der Waals surface area contributed by atoms with Gasteiger partial charge < -0.3 is 5.32 Å². The Morgan fingerprint density at radius 2 is 1.94 bits per heavy atom. The zero-order valence-electron chi connectivity index (χ0n) is 17.3. The minimum atomic E-state index is -0.167. The summed E-state index contributed by atoms with van der Waals surface area (Å²) >= 11 is 2.99. The van der Waals surface area contributed by atoms with Crippen LogP contribution in [0.1, 0.15) is 40.0 Å². The first kappa shape index (κ1) is 21.3. The van der Waals surface area contributed by atoms with E-state index in [0.717, 1.165) is 34.0 Å². The van der Waals surface area contributed by atoms with Gasteiger partial charge in [0.1, 0.15) is 5.01 Å². The number of carbonyl (C=O) groups excluding carboxylic acids is 1. The summed E-state index contributed by atoms with van der Waals surface area (Å²) in [7, 11) is 0. The van der Waals surface area contributed by atoms with Gasteiger partial charge in [0.05, 0.1) is 11.4 Å². The highest BCUT2D eigenvalue weighted by atomic mass is 32.2. The third kappa shape index (κ3) is 5.03. The molecule has 0 fully saturated rings. The van der Waals surface area contributed by atoms with E-state index in [1.807, 2.05) is 55.5 Å². The summed E-state index contributed by atoms with van der Waals surface area (Å²) in [6, 6.07) is 16.6. The molecule has 0 saturated heterocycles. The van der Waals surface area contributed by atoms with Gasteiger partial charge in [0.15, 0.2) is 0 Å². The van der Waals surface area contributed by atoms with Crippen molar-refractivity contribution in [2.45, 2.75) is 37.3 Å². The van der Waals surface area contributed by atoms with Crippen LogP contribution in [0.15, 0.2) is 64.3 Å². The Morgan fingerprint density at radius 1 is 1.16 bits per heavy atom. The van der Waals surface area contributed by atoms with Crippen LogP contribution in [0.25, 0.3) is 4.96 Å². The predicted molar refractivity (Wildman–Crippen MR) is 126 cm³/mol. The van der Waals surface area contributed by atoms with Crippen LogP contribution in [0.4, 0.5) is 5.69 Å². The van der Waals surface area contributed by atoms with Gasteiger partial charge in [-0.2, -0.15) is 9.61 Å². The average molecular weight is 451 g/mol. The lowest BCUT2D eigenvalue weighted by Gasteiger charge is -2.11. The van der Waals surface area contributed by atoms with Crippen LogP contribution in [0.5, 0.6) is 0 Å². The standard InChI is InChI=1S/C23H22N4O2S2/c1-3-6-20-26-27-21(28)13-17(24-23(27)31-20)14-30-19-8-5-4-7-18(19)25-22(29)16-11-9-15(2)10-12-16/h4-5,7-13H,3,6,14H2,1-2H3,(H,25,29). The molecule has 158 valence electrons. The van der Waals surface area contributed by atoms with Crippen molar-refractivity contribution >= 4 is 39.7 Å². The Bertz CT molecular complexity index is 1280. The first-order valence-corrected chi connectivity index (χ1v) is 11.8. The van der Waals surface area contributed by atoms with Crippen molar-refractivity contribution in [3.05, 3.63) is 86.8 Å². The number of aryl methyl sites for hydroxylation is 2. The summed E-state index contributed by atoms with van der Waals surface area (Å²) in [5.74, 6) is 0.364. The van der Waals surface area contributed by atoms with Crippen molar-refractivity contribution in [1.29, 1.82) is 0 Å². The summed E-state index contributed by atoms with van der Waals surface area (Å²) in [6.07, 6.45) is 1.81. The Morgan fingerprint density at radius 3 is 2.71 bits per heavy atom. The molecule has 8 heteroatoms. The van der Waals surface area contributed by atoms with Gasteiger partial charge in [-0.15, -0.1) is 11.8 Å². The maximum atomic E-state index is 12.6. The SMILES string of the molecule is CCCc1nn2c(=O)cc(CSc3ccccc3NC(=O)c3ccc(C)cc3)nc2s1. The number of hydrogen-bond acceptors (Lipinski definition) is 6. The second-order valence-corrected chi connectivity index (χ2v) is 9.19. The average Bonchev–Trinajstić information content (AvgIpc) is 3.17. The molecule has 0 unspecified atom stereocenters. The number of amides is 1. The van der Waals surface area contributed by atoms with E-state index in [4.69, 9.17) is 0 Å². The van der Waals surface area contributed by atoms with Crippen LogP contribution in [-0.2, 0) is 12.2 Å². The fraction of sp³-hybridized carbons (Fsp3) is 0.217. The van der Waals surface area contributed by atoms with Gasteiger partial charge in [-0.05, 0) is 37.6 Å². The molecular formula is C23H22N4O2S2. The van der Waals surface area contributed by atoms with E-state index in [-0.39, 0.29) is 11.5 Å². The fourth-order valence-electron chi connectivity index (χ4n) is 3.03. The highest BCUT2D eigenvalue weighted by Gasteiger charge is 2.12. The van der Waals surface area contributed by atoms with E-state index < -0.39 is 0 Å². The molecule has 31 heavy (non-hydrogen) atoms. The number of para-hydroxylation sites is 1. The number of hydrogen-bond donors (Lipinski definition) is 1. The molecule has 0 saturated carbocycles. The monoisotopic (exact) mass is 450 g/mol. The van der Waals surface area contributed by atoms with Gasteiger partial charge in [0.2, 0.25) is 4.96 Å². The Hall–Kier alpha value is -2.97. The molecule has 0 aliphatic rings.